The van der Waals surface area contributed by atoms with Crippen LogP contribution in [0.3, 0.4) is 0 Å². The Balaban J connectivity index is 2.11. The van der Waals surface area contributed by atoms with Crippen molar-refractivity contribution in [2.24, 2.45) is 5.92 Å². The third-order valence-electron chi connectivity index (χ3n) is 4.10. The normalized spacial score (nSPS) is 18.8. The van der Waals surface area contributed by atoms with Crippen molar-refractivity contribution in [2.75, 3.05) is 5.32 Å². The van der Waals surface area contributed by atoms with Crippen molar-refractivity contribution in [1.29, 1.82) is 0 Å². The van der Waals surface area contributed by atoms with Crippen molar-refractivity contribution >= 4 is 11.6 Å². The first kappa shape index (κ1) is 15.6. The zero-order valence-electron chi connectivity index (χ0n) is 12.8. The number of fused-ring (bicyclic) bond motifs is 4. The lowest BCUT2D eigenvalue weighted by atomic mass is 10.00. The average molecular weight is 320 g/mol. The molecular weight excluding hydrogens is 302 g/mol. The van der Waals surface area contributed by atoms with Gasteiger partial charge in [-0.1, -0.05) is 13.3 Å². The summed E-state index contributed by atoms with van der Waals surface area (Å²) in [5, 5.41) is 6.47. The van der Waals surface area contributed by atoms with Crippen LogP contribution in [0, 0.1) is 5.92 Å². The highest BCUT2D eigenvalue weighted by atomic mass is 19.3. The fourth-order valence-electron chi connectivity index (χ4n) is 2.80. The number of nitrogens with one attached hydrogen (secondary N) is 1. The van der Waals surface area contributed by atoms with E-state index in [4.69, 9.17) is 0 Å². The number of alkyl halides is 2. The number of hydrogen-bond acceptors (Lipinski definition) is 3. The molecule has 0 radical (unpaired) electrons. The summed E-state index contributed by atoms with van der Waals surface area (Å²) in [4.78, 5) is 16.5. The number of rotatable bonds is 1. The van der Waals surface area contributed by atoms with Crippen molar-refractivity contribution in [1.82, 2.24) is 14.8 Å². The topological polar surface area (TPSA) is 59.8 Å². The number of carbonyl (C=O) groups is 1. The highest BCUT2D eigenvalue weighted by Gasteiger charge is 2.22. The summed E-state index contributed by atoms with van der Waals surface area (Å²) >= 11 is 0. The van der Waals surface area contributed by atoms with Gasteiger partial charge in [0.2, 0.25) is 5.91 Å². The van der Waals surface area contributed by atoms with Crippen LogP contribution < -0.4 is 5.32 Å². The van der Waals surface area contributed by atoms with Gasteiger partial charge in [0, 0.05) is 23.4 Å². The molecule has 5 nitrogen and oxygen atoms in total. The van der Waals surface area contributed by atoms with Crippen molar-refractivity contribution in [3.8, 4) is 11.3 Å². The van der Waals surface area contributed by atoms with E-state index in [9.17, 15) is 13.6 Å². The molecule has 1 N–H and O–H groups in total. The van der Waals surface area contributed by atoms with Crippen LogP contribution in [0.25, 0.3) is 11.3 Å². The summed E-state index contributed by atoms with van der Waals surface area (Å²) in [5.41, 5.74) is 1.95. The van der Waals surface area contributed by atoms with Gasteiger partial charge in [0.25, 0.3) is 0 Å². The van der Waals surface area contributed by atoms with Crippen LogP contribution in [0.4, 0.5) is 14.5 Å². The van der Waals surface area contributed by atoms with E-state index in [0.29, 0.717) is 15.9 Å². The minimum Gasteiger partial charge on any atom is -0.323 e. The quantitative estimate of drug-likeness (QED) is 0.872. The molecule has 1 aliphatic heterocycles. The van der Waals surface area contributed by atoms with Gasteiger partial charge in [0.05, 0.1) is 17.6 Å². The van der Waals surface area contributed by atoms with Gasteiger partial charge in [-0.25, -0.2) is 4.68 Å². The van der Waals surface area contributed by atoms with Crippen LogP contribution in [0.15, 0.2) is 24.5 Å². The molecule has 2 aromatic heterocycles. The van der Waals surface area contributed by atoms with Gasteiger partial charge < -0.3 is 5.32 Å². The maximum absolute atomic E-state index is 13.3. The largest absolute Gasteiger partial charge is 0.333 e. The van der Waals surface area contributed by atoms with Gasteiger partial charge in [-0.3, -0.25) is 9.78 Å². The lowest BCUT2D eigenvalue weighted by molar-refractivity contribution is -0.119. The second-order valence-electron chi connectivity index (χ2n) is 5.80. The molecule has 2 aromatic rings. The van der Waals surface area contributed by atoms with E-state index in [2.05, 4.69) is 15.4 Å². The molecule has 0 aromatic carbocycles. The predicted molar refractivity (Wildman–Crippen MR) is 82.1 cm³/mol. The lowest BCUT2D eigenvalue weighted by Gasteiger charge is -2.15. The molecule has 7 heteroatoms. The molecule has 1 amide bonds. The summed E-state index contributed by atoms with van der Waals surface area (Å²) in [6, 6.07) is 3.45. The molecular formula is C16H18F2N4O. The highest BCUT2D eigenvalue weighted by molar-refractivity contribution is 5.95. The number of carbonyl (C=O) groups excluding carboxylic acids is 1. The van der Waals surface area contributed by atoms with Crippen LogP contribution in [-0.4, -0.2) is 20.7 Å². The molecule has 0 fully saturated rings. The Morgan fingerprint density at radius 1 is 1.39 bits per heavy atom. The van der Waals surface area contributed by atoms with E-state index >= 15 is 0 Å². The summed E-state index contributed by atoms with van der Waals surface area (Å²) in [5.74, 6) is -0.349. The van der Waals surface area contributed by atoms with E-state index < -0.39 is 6.55 Å². The van der Waals surface area contributed by atoms with Crippen LogP contribution in [0.1, 0.15) is 38.4 Å². The summed E-state index contributed by atoms with van der Waals surface area (Å²) in [6.45, 7) is -0.937. The SMILES string of the molecule is CC1CCCCc2cc(ccn2)-c2c(cnn2C(F)F)NC1=O. The summed E-state index contributed by atoms with van der Waals surface area (Å²) in [7, 11) is 0. The van der Waals surface area contributed by atoms with Crippen molar-refractivity contribution < 1.29 is 13.6 Å². The fourth-order valence-corrected chi connectivity index (χ4v) is 2.80. The third kappa shape index (κ3) is 3.23. The summed E-state index contributed by atoms with van der Waals surface area (Å²) < 4.78 is 27.1. The van der Waals surface area contributed by atoms with Gasteiger partial charge in [0.15, 0.2) is 0 Å². The first-order valence-electron chi connectivity index (χ1n) is 7.68. The number of amides is 1. The fraction of sp³-hybridized carbons (Fsp3) is 0.438. The Kier molecular flexibility index (Phi) is 4.36. The molecule has 0 aliphatic carbocycles. The molecule has 0 saturated heterocycles. The number of nitrogens with zero attached hydrogens (tertiary/aromatic N) is 3. The number of aromatic nitrogens is 3. The van der Waals surface area contributed by atoms with Gasteiger partial charge in [-0.15, -0.1) is 0 Å². The van der Waals surface area contributed by atoms with E-state index in [1.54, 1.807) is 18.3 Å². The Morgan fingerprint density at radius 2 is 2.22 bits per heavy atom. The molecule has 23 heavy (non-hydrogen) atoms. The van der Waals surface area contributed by atoms with Gasteiger partial charge in [0.1, 0.15) is 0 Å². The average Bonchev–Trinajstić information content (AvgIpc) is 2.94. The predicted octanol–water partition coefficient (Wildman–Crippen LogP) is 3.64. The van der Waals surface area contributed by atoms with Crippen molar-refractivity contribution in [3.05, 3.63) is 30.2 Å². The minimum atomic E-state index is -2.78. The zero-order chi connectivity index (χ0) is 16.4. The van der Waals surface area contributed by atoms with Crippen LogP contribution in [0.5, 0.6) is 0 Å². The third-order valence-corrected chi connectivity index (χ3v) is 4.10. The standard InChI is InChI=1S/C16H18F2N4O/c1-10-4-2-3-5-12-8-11(6-7-19-12)14-13(21-15(10)23)9-20-22(14)16(17)18/h6-10,16H,2-5H2,1H3,(H,21,23). The van der Waals surface area contributed by atoms with Crippen molar-refractivity contribution in [2.45, 2.75) is 39.2 Å². The second-order valence-corrected chi connectivity index (χ2v) is 5.80. The first-order chi connectivity index (χ1) is 11.1. The first-order valence-corrected chi connectivity index (χ1v) is 7.68. The van der Waals surface area contributed by atoms with Crippen molar-refractivity contribution in [3.63, 3.8) is 0 Å². The van der Waals surface area contributed by atoms with Crippen LogP contribution in [0.2, 0.25) is 0 Å². The molecule has 1 aliphatic rings. The second kappa shape index (κ2) is 6.44. The Labute approximate surface area is 132 Å². The van der Waals surface area contributed by atoms with E-state index in [1.165, 1.54) is 6.20 Å². The molecule has 3 heterocycles. The molecule has 122 valence electrons. The molecule has 0 saturated carbocycles. The maximum Gasteiger partial charge on any atom is 0.333 e. The molecule has 1 unspecified atom stereocenters. The Hall–Kier alpha value is -2.31. The number of anilines is 1. The number of hydrogen-bond donors (Lipinski definition) is 1. The maximum atomic E-state index is 13.3. The van der Waals surface area contributed by atoms with Crippen LogP contribution in [-0.2, 0) is 11.2 Å². The molecule has 1 atom stereocenters. The number of pyridine rings is 1. The molecule has 2 bridgehead atoms. The highest BCUT2D eigenvalue weighted by Crippen LogP contribution is 2.32. The Bertz CT molecular complexity index is 714. The van der Waals surface area contributed by atoms with Gasteiger partial charge in [-0.2, -0.15) is 13.9 Å². The van der Waals surface area contributed by atoms with Gasteiger partial charge >= 0.3 is 6.55 Å². The van der Waals surface area contributed by atoms with E-state index in [-0.39, 0.29) is 17.5 Å². The number of halogens is 2. The van der Waals surface area contributed by atoms with Crippen LogP contribution >= 0.6 is 0 Å². The Morgan fingerprint density at radius 3 is 3.00 bits per heavy atom. The molecule has 3 rings (SSSR count). The monoisotopic (exact) mass is 320 g/mol. The number of aryl methyl sites for hydroxylation is 1. The van der Waals surface area contributed by atoms with E-state index in [1.807, 2.05) is 6.92 Å². The lowest BCUT2D eigenvalue weighted by Crippen LogP contribution is -2.21. The zero-order valence-corrected chi connectivity index (χ0v) is 12.8. The van der Waals surface area contributed by atoms with Gasteiger partial charge in [-0.05, 0) is 31.4 Å². The minimum absolute atomic E-state index is 0.171. The van der Waals surface area contributed by atoms with E-state index in [0.717, 1.165) is 31.4 Å². The smallest absolute Gasteiger partial charge is 0.323 e. The molecule has 0 spiro atoms. The summed E-state index contributed by atoms with van der Waals surface area (Å²) in [6.07, 6.45) is 6.23.